The zero-order valence-corrected chi connectivity index (χ0v) is 6.21. The summed E-state index contributed by atoms with van der Waals surface area (Å²) < 4.78 is 0. The zero-order chi connectivity index (χ0) is 8.41. The van der Waals surface area contributed by atoms with Crippen LogP contribution in [0.1, 0.15) is 0 Å². The summed E-state index contributed by atoms with van der Waals surface area (Å²) in [5.41, 5.74) is 1.41. The highest BCUT2D eigenvalue weighted by Gasteiger charge is 1.73. The molecule has 0 aromatic heterocycles. The molecule has 0 amide bonds. The SMILES string of the molecule is C=C/C=C/Cl.C=CC(=O)O. The summed E-state index contributed by atoms with van der Waals surface area (Å²) in [6.07, 6.45) is 4.11. The van der Waals surface area contributed by atoms with E-state index < -0.39 is 5.97 Å². The van der Waals surface area contributed by atoms with Gasteiger partial charge in [-0.25, -0.2) is 4.79 Å². The van der Waals surface area contributed by atoms with Crippen LogP contribution in [0.4, 0.5) is 0 Å². The maximum atomic E-state index is 9.25. The molecular formula is C7H9ClO2. The summed E-state index contributed by atoms with van der Waals surface area (Å²) in [5, 5.41) is 7.60. The Morgan fingerprint density at radius 3 is 1.90 bits per heavy atom. The summed E-state index contributed by atoms with van der Waals surface area (Å²) in [6.45, 7) is 6.34. The van der Waals surface area contributed by atoms with Gasteiger partial charge in [-0.15, -0.1) is 0 Å². The van der Waals surface area contributed by atoms with E-state index in [4.69, 9.17) is 16.7 Å². The summed E-state index contributed by atoms with van der Waals surface area (Å²) in [7, 11) is 0. The van der Waals surface area contributed by atoms with Gasteiger partial charge in [0.1, 0.15) is 0 Å². The molecule has 0 aliphatic rings. The Morgan fingerprint density at radius 1 is 1.50 bits per heavy atom. The fourth-order valence-corrected chi connectivity index (χ4v) is 0.154. The molecule has 0 spiro atoms. The zero-order valence-electron chi connectivity index (χ0n) is 5.46. The van der Waals surface area contributed by atoms with Gasteiger partial charge in [0.2, 0.25) is 0 Å². The third-order valence-corrected chi connectivity index (χ3v) is 0.529. The van der Waals surface area contributed by atoms with Crippen molar-refractivity contribution in [1.29, 1.82) is 0 Å². The minimum Gasteiger partial charge on any atom is -0.478 e. The van der Waals surface area contributed by atoms with Crippen LogP contribution < -0.4 is 0 Å². The van der Waals surface area contributed by atoms with Gasteiger partial charge in [0, 0.05) is 11.6 Å². The maximum Gasteiger partial charge on any atom is 0.327 e. The molecule has 1 N–H and O–H groups in total. The highest BCUT2D eigenvalue weighted by molar-refractivity contribution is 6.25. The topological polar surface area (TPSA) is 37.3 Å². The van der Waals surface area contributed by atoms with E-state index in [0.29, 0.717) is 0 Å². The van der Waals surface area contributed by atoms with Crippen molar-refractivity contribution in [1.82, 2.24) is 0 Å². The third kappa shape index (κ3) is 28.1. The van der Waals surface area contributed by atoms with Gasteiger partial charge in [-0.2, -0.15) is 0 Å². The van der Waals surface area contributed by atoms with Crippen molar-refractivity contribution < 1.29 is 9.90 Å². The normalized spacial score (nSPS) is 7.70. The molecule has 0 aromatic rings. The molecular weight excluding hydrogens is 152 g/mol. The quantitative estimate of drug-likeness (QED) is 0.497. The number of hydrogen-bond donors (Lipinski definition) is 1. The summed E-state index contributed by atoms with van der Waals surface area (Å²) >= 11 is 5.05. The molecule has 2 nitrogen and oxygen atoms in total. The molecule has 0 radical (unpaired) electrons. The fraction of sp³-hybridized carbons (Fsp3) is 0. The fourth-order valence-electron chi connectivity index (χ4n) is 0.0514. The lowest BCUT2D eigenvalue weighted by Gasteiger charge is -1.64. The number of rotatable bonds is 2. The molecule has 0 unspecified atom stereocenters. The predicted octanol–water partition coefficient (Wildman–Crippen LogP) is 2.18. The van der Waals surface area contributed by atoms with Gasteiger partial charge in [-0.1, -0.05) is 36.9 Å². The Morgan fingerprint density at radius 2 is 1.90 bits per heavy atom. The van der Waals surface area contributed by atoms with E-state index in [2.05, 4.69) is 13.2 Å². The van der Waals surface area contributed by atoms with Gasteiger partial charge < -0.3 is 5.11 Å². The second-order valence-electron chi connectivity index (χ2n) is 1.10. The Kier molecular flexibility index (Phi) is 12.8. The van der Waals surface area contributed by atoms with Crippen molar-refractivity contribution in [3.63, 3.8) is 0 Å². The van der Waals surface area contributed by atoms with E-state index in [1.54, 1.807) is 12.2 Å². The van der Waals surface area contributed by atoms with E-state index in [9.17, 15) is 4.79 Å². The van der Waals surface area contributed by atoms with Crippen molar-refractivity contribution in [3.8, 4) is 0 Å². The van der Waals surface area contributed by atoms with Crippen LogP contribution in [0.2, 0.25) is 0 Å². The van der Waals surface area contributed by atoms with Crippen molar-refractivity contribution in [2.45, 2.75) is 0 Å². The minimum atomic E-state index is -0.981. The molecule has 56 valence electrons. The van der Waals surface area contributed by atoms with Gasteiger partial charge >= 0.3 is 5.97 Å². The number of carboxylic acid groups (broad SMARTS) is 1. The lowest BCUT2D eigenvalue weighted by Crippen LogP contribution is -1.82. The predicted molar refractivity (Wildman–Crippen MR) is 43.0 cm³/mol. The highest BCUT2D eigenvalue weighted by atomic mass is 35.5. The number of carboxylic acids is 1. The average molecular weight is 161 g/mol. The van der Waals surface area contributed by atoms with Crippen molar-refractivity contribution in [2.24, 2.45) is 0 Å². The van der Waals surface area contributed by atoms with Gasteiger partial charge in [0.05, 0.1) is 0 Å². The molecule has 0 saturated carbocycles. The molecule has 0 atom stereocenters. The number of aliphatic carboxylic acids is 1. The van der Waals surface area contributed by atoms with E-state index >= 15 is 0 Å². The van der Waals surface area contributed by atoms with Gasteiger partial charge in [0.25, 0.3) is 0 Å². The first kappa shape index (κ1) is 11.7. The van der Waals surface area contributed by atoms with E-state index in [1.165, 1.54) is 5.54 Å². The number of hydrogen-bond acceptors (Lipinski definition) is 1. The average Bonchev–Trinajstić information content (AvgIpc) is 1.91. The summed E-state index contributed by atoms with van der Waals surface area (Å²) in [5.74, 6) is -0.981. The second kappa shape index (κ2) is 10.9. The van der Waals surface area contributed by atoms with Crippen molar-refractivity contribution in [3.05, 3.63) is 36.9 Å². The highest BCUT2D eigenvalue weighted by Crippen LogP contribution is 1.74. The monoisotopic (exact) mass is 160 g/mol. The molecule has 3 heteroatoms. The third-order valence-electron chi connectivity index (χ3n) is 0.383. The summed E-state index contributed by atoms with van der Waals surface area (Å²) in [4.78, 5) is 9.25. The summed E-state index contributed by atoms with van der Waals surface area (Å²) in [6, 6.07) is 0. The Labute approximate surface area is 65.1 Å². The molecule has 0 heterocycles. The lowest BCUT2D eigenvalue weighted by molar-refractivity contribution is -0.131. The number of halogens is 1. The van der Waals surface area contributed by atoms with E-state index in [1.807, 2.05) is 0 Å². The molecule has 0 fully saturated rings. The molecule has 0 bridgehead atoms. The molecule has 0 aliphatic carbocycles. The van der Waals surface area contributed by atoms with Crippen LogP contribution in [-0.4, -0.2) is 11.1 Å². The van der Waals surface area contributed by atoms with Crippen LogP contribution in [0, 0.1) is 0 Å². The first-order valence-corrected chi connectivity index (χ1v) is 2.85. The van der Waals surface area contributed by atoms with Gasteiger partial charge in [0.15, 0.2) is 0 Å². The van der Waals surface area contributed by atoms with Crippen molar-refractivity contribution in [2.75, 3.05) is 0 Å². The van der Waals surface area contributed by atoms with E-state index in [0.717, 1.165) is 6.08 Å². The maximum absolute atomic E-state index is 9.25. The smallest absolute Gasteiger partial charge is 0.327 e. The van der Waals surface area contributed by atoms with Crippen LogP contribution in [0.3, 0.4) is 0 Å². The van der Waals surface area contributed by atoms with Gasteiger partial charge in [-0.3, -0.25) is 0 Å². The molecule has 10 heavy (non-hydrogen) atoms. The number of allylic oxidation sites excluding steroid dienone is 2. The number of carbonyl (C=O) groups is 1. The van der Waals surface area contributed by atoms with Crippen molar-refractivity contribution >= 4 is 17.6 Å². The lowest BCUT2D eigenvalue weighted by atomic mass is 10.6. The largest absolute Gasteiger partial charge is 0.478 e. The Balaban J connectivity index is 0. The standard InChI is InChI=1S/C4H5Cl.C3H4O2/c1-2-3-4-5;1-2-3(4)5/h2-4H,1H2;2H,1H2,(H,4,5)/b4-3+;. The molecule has 0 aromatic carbocycles. The van der Waals surface area contributed by atoms with Crippen LogP contribution in [0.15, 0.2) is 36.9 Å². The molecule has 0 saturated heterocycles. The first-order chi connectivity index (χ1) is 4.68. The van der Waals surface area contributed by atoms with E-state index in [-0.39, 0.29) is 0 Å². The van der Waals surface area contributed by atoms with Crippen LogP contribution >= 0.6 is 11.6 Å². The minimum absolute atomic E-state index is 0.833. The Bertz CT molecular complexity index is 139. The van der Waals surface area contributed by atoms with Crippen LogP contribution in [-0.2, 0) is 4.79 Å². The van der Waals surface area contributed by atoms with Crippen LogP contribution in [0.25, 0.3) is 0 Å². The molecule has 0 rings (SSSR count). The Hall–Kier alpha value is -1.02. The first-order valence-electron chi connectivity index (χ1n) is 2.42. The molecule has 0 aliphatic heterocycles. The second-order valence-corrected chi connectivity index (χ2v) is 1.35. The van der Waals surface area contributed by atoms with Crippen LogP contribution in [0.5, 0.6) is 0 Å². The van der Waals surface area contributed by atoms with Gasteiger partial charge in [-0.05, 0) is 0 Å².